The Kier molecular flexibility index (Phi) is 7.01. The summed E-state index contributed by atoms with van der Waals surface area (Å²) in [6.07, 6.45) is 2.07. The zero-order valence-corrected chi connectivity index (χ0v) is 15.4. The van der Waals surface area contributed by atoms with E-state index in [1.807, 2.05) is 43.3 Å². The molecule has 2 aromatic rings. The number of pyridine rings is 1. The number of nitrogens with one attached hydrogen (secondary N) is 2. The molecule has 0 spiro atoms. The third kappa shape index (κ3) is 6.23. The Morgan fingerprint density at radius 2 is 2.11 bits per heavy atom. The Bertz CT molecular complexity index is 730. The number of ether oxygens (including phenoxy) is 3. The van der Waals surface area contributed by atoms with E-state index in [4.69, 9.17) is 14.2 Å². The summed E-state index contributed by atoms with van der Waals surface area (Å²) in [5.41, 5.74) is 0.923. The number of nitrogens with zero attached hydrogens (tertiary/aromatic N) is 1. The third-order valence-electron chi connectivity index (χ3n) is 4.08. The minimum absolute atomic E-state index is 0.0104. The van der Waals surface area contributed by atoms with E-state index in [-0.39, 0.29) is 11.9 Å². The molecule has 3 rings (SSSR count). The Morgan fingerprint density at radius 1 is 1.30 bits per heavy atom. The molecule has 1 atom stereocenters. The van der Waals surface area contributed by atoms with Crippen LogP contribution >= 0.6 is 0 Å². The monoisotopic (exact) mass is 371 g/mol. The number of aromatic nitrogens is 1. The van der Waals surface area contributed by atoms with Gasteiger partial charge in [-0.1, -0.05) is 0 Å². The van der Waals surface area contributed by atoms with Crippen LogP contribution in [0.2, 0.25) is 0 Å². The first-order valence-corrected chi connectivity index (χ1v) is 9.16. The molecule has 1 unspecified atom stereocenters. The van der Waals surface area contributed by atoms with Gasteiger partial charge in [0, 0.05) is 37.8 Å². The van der Waals surface area contributed by atoms with E-state index in [0.717, 1.165) is 17.9 Å². The molecule has 7 nitrogen and oxygen atoms in total. The van der Waals surface area contributed by atoms with Gasteiger partial charge in [0.25, 0.3) is 0 Å². The molecule has 1 saturated heterocycles. The number of morpholine rings is 1. The Morgan fingerprint density at radius 3 is 2.85 bits per heavy atom. The number of carbonyl (C=O) groups is 1. The van der Waals surface area contributed by atoms with Crippen molar-refractivity contribution in [3.63, 3.8) is 0 Å². The van der Waals surface area contributed by atoms with Crippen LogP contribution in [0.1, 0.15) is 18.9 Å². The SMILES string of the molecule is CCOc1ccc(Oc2cc(CNC(=O)CC3COCCN3)ccn2)cc1. The summed E-state index contributed by atoms with van der Waals surface area (Å²) in [6, 6.07) is 11.1. The van der Waals surface area contributed by atoms with Crippen molar-refractivity contribution in [1.82, 2.24) is 15.6 Å². The van der Waals surface area contributed by atoms with Gasteiger partial charge in [0.05, 0.1) is 19.8 Å². The maximum absolute atomic E-state index is 12.1. The zero-order chi connectivity index (χ0) is 18.9. The third-order valence-corrected chi connectivity index (χ3v) is 4.08. The quantitative estimate of drug-likeness (QED) is 0.741. The molecular weight excluding hydrogens is 346 g/mol. The van der Waals surface area contributed by atoms with Crippen molar-refractivity contribution in [2.75, 3.05) is 26.4 Å². The fourth-order valence-electron chi connectivity index (χ4n) is 2.75. The number of hydrogen-bond acceptors (Lipinski definition) is 6. The maximum atomic E-state index is 12.1. The molecule has 1 amide bonds. The van der Waals surface area contributed by atoms with Crippen LogP contribution in [0.25, 0.3) is 0 Å². The van der Waals surface area contributed by atoms with Crippen LogP contribution < -0.4 is 20.1 Å². The summed E-state index contributed by atoms with van der Waals surface area (Å²) in [5.74, 6) is 1.94. The van der Waals surface area contributed by atoms with Crippen LogP contribution in [0, 0.1) is 0 Å². The van der Waals surface area contributed by atoms with Crippen molar-refractivity contribution in [1.29, 1.82) is 0 Å². The van der Waals surface area contributed by atoms with E-state index in [2.05, 4.69) is 15.6 Å². The number of amides is 1. The van der Waals surface area contributed by atoms with Crippen molar-refractivity contribution in [3.8, 4) is 17.4 Å². The van der Waals surface area contributed by atoms with Crippen LogP contribution in [0.3, 0.4) is 0 Å². The second kappa shape index (κ2) is 9.89. The first kappa shape index (κ1) is 19.1. The maximum Gasteiger partial charge on any atom is 0.221 e. The van der Waals surface area contributed by atoms with Crippen LogP contribution in [-0.4, -0.2) is 43.3 Å². The average Bonchev–Trinajstić information content (AvgIpc) is 2.69. The Labute approximate surface area is 159 Å². The highest BCUT2D eigenvalue weighted by atomic mass is 16.5. The van der Waals surface area contributed by atoms with Crippen LogP contribution in [-0.2, 0) is 16.1 Å². The van der Waals surface area contributed by atoms with Crippen molar-refractivity contribution in [2.24, 2.45) is 0 Å². The summed E-state index contributed by atoms with van der Waals surface area (Å²) in [6.45, 7) is 5.05. The predicted octanol–water partition coefficient (Wildman–Crippen LogP) is 2.27. The van der Waals surface area contributed by atoms with Gasteiger partial charge >= 0.3 is 0 Å². The summed E-state index contributed by atoms with van der Waals surface area (Å²) in [4.78, 5) is 16.3. The molecule has 1 fully saturated rings. The molecule has 0 radical (unpaired) electrons. The van der Waals surface area contributed by atoms with E-state index in [1.54, 1.807) is 6.20 Å². The normalized spacial score (nSPS) is 16.6. The zero-order valence-electron chi connectivity index (χ0n) is 15.4. The fourth-order valence-corrected chi connectivity index (χ4v) is 2.75. The first-order valence-electron chi connectivity index (χ1n) is 9.16. The lowest BCUT2D eigenvalue weighted by Gasteiger charge is -2.23. The summed E-state index contributed by atoms with van der Waals surface area (Å²) in [7, 11) is 0. The average molecular weight is 371 g/mol. The van der Waals surface area contributed by atoms with E-state index in [0.29, 0.717) is 44.4 Å². The molecule has 7 heteroatoms. The van der Waals surface area contributed by atoms with E-state index in [9.17, 15) is 4.79 Å². The second-order valence-electron chi connectivity index (χ2n) is 6.22. The van der Waals surface area contributed by atoms with E-state index < -0.39 is 0 Å². The number of carbonyl (C=O) groups excluding carboxylic acids is 1. The summed E-state index contributed by atoms with van der Waals surface area (Å²) >= 11 is 0. The largest absolute Gasteiger partial charge is 0.494 e. The Balaban J connectivity index is 1.50. The van der Waals surface area contributed by atoms with Crippen LogP contribution in [0.15, 0.2) is 42.6 Å². The van der Waals surface area contributed by atoms with Gasteiger partial charge in [-0.2, -0.15) is 0 Å². The van der Waals surface area contributed by atoms with Crippen molar-refractivity contribution >= 4 is 5.91 Å². The van der Waals surface area contributed by atoms with Gasteiger partial charge in [0.15, 0.2) is 0 Å². The molecule has 144 valence electrons. The molecule has 0 saturated carbocycles. The first-order chi connectivity index (χ1) is 13.2. The highest BCUT2D eigenvalue weighted by Gasteiger charge is 2.16. The number of rotatable bonds is 8. The molecule has 2 heterocycles. The predicted molar refractivity (Wildman–Crippen MR) is 101 cm³/mol. The summed E-state index contributed by atoms with van der Waals surface area (Å²) in [5, 5.41) is 6.20. The topological polar surface area (TPSA) is 81.7 Å². The van der Waals surface area contributed by atoms with Gasteiger partial charge in [-0.05, 0) is 42.8 Å². The number of hydrogen-bond donors (Lipinski definition) is 2. The van der Waals surface area contributed by atoms with Crippen molar-refractivity contribution < 1.29 is 19.0 Å². The van der Waals surface area contributed by atoms with Crippen molar-refractivity contribution in [3.05, 3.63) is 48.2 Å². The summed E-state index contributed by atoms with van der Waals surface area (Å²) < 4.78 is 16.6. The molecule has 0 aliphatic carbocycles. The highest BCUT2D eigenvalue weighted by molar-refractivity contribution is 5.76. The van der Waals surface area contributed by atoms with Crippen LogP contribution in [0.5, 0.6) is 17.4 Å². The molecule has 0 bridgehead atoms. The molecule has 27 heavy (non-hydrogen) atoms. The van der Waals surface area contributed by atoms with Gasteiger partial charge < -0.3 is 24.8 Å². The van der Waals surface area contributed by atoms with Gasteiger partial charge in [-0.3, -0.25) is 4.79 Å². The molecular formula is C20H25N3O4. The van der Waals surface area contributed by atoms with Gasteiger partial charge in [0.2, 0.25) is 11.8 Å². The van der Waals surface area contributed by atoms with E-state index in [1.165, 1.54) is 0 Å². The van der Waals surface area contributed by atoms with Crippen LogP contribution in [0.4, 0.5) is 0 Å². The van der Waals surface area contributed by atoms with Gasteiger partial charge in [-0.25, -0.2) is 4.98 Å². The number of benzene rings is 1. The smallest absolute Gasteiger partial charge is 0.221 e. The lowest BCUT2D eigenvalue weighted by molar-refractivity contribution is -0.122. The fraction of sp³-hybridized carbons (Fsp3) is 0.400. The standard InChI is InChI=1S/C20H25N3O4/c1-2-26-17-3-5-18(6-4-17)27-20-11-15(7-8-22-20)13-23-19(24)12-16-14-25-10-9-21-16/h3-8,11,16,21H,2,9-10,12-14H2,1H3,(H,23,24). The van der Waals surface area contributed by atoms with Gasteiger partial charge in [-0.15, -0.1) is 0 Å². The minimum Gasteiger partial charge on any atom is -0.494 e. The van der Waals surface area contributed by atoms with Gasteiger partial charge in [0.1, 0.15) is 11.5 Å². The highest BCUT2D eigenvalue weighted by Crippen LogP contribution is 2.23. The molecule has 1 aliphatic heterocycles. The molecule has 1 aromatic heterocycles. The second-order valence-corrected chi connectivity index (χ2v) is 6.22. The molecule has 1 aromatic carbocycles. The Hall–Kier alpha value is -2.64. The lowest BCUT2D eigenvalue weighted by Crippen LogP contribution is -2.44. The minimum atomic E-state index is -0.0104. The van der Waals surface area contributed by atoms with E-state index >= 15 is 0 Å². The lowest BCUT2D eigenvalue weighted by atomic mass is 10.2. The van der Waals surface area contributed by atoms with Crippen molar-refractivity contribution in [2.45, 2.75) is 25.9 Å². The molecule has 1 aliphatic rings. The molecule has 2 N–H and O–H groups in total.